The van der Waals surface area contributed by atoms with Gasteiger partial charge in [-0.15, -0.1) is 0 Å². The van der Waals surface area contributed by atoms with Gasteiger partial charge in [-0.25, -0.2) is 9.18 Å². The van der Waals surface area contributed by atoms with Crippen LogP contribution in [0.25, 0.3) is 0 Å². The van der Waals surface area contributed by atoms with Gasteiger partial charge >= 0.3 is 5.97 Å². The predicted molar refractivity (Wildman–Crippen MR) is 67.7 cm³/mol. The highest BCUT2D eigenvalue weighted by molar-refractivity contribution is 5.95. The minimum atomic E-state index is -1.20. The minimum Gasteiger partial charge on any atom is -0.476 e. The maximum atomic E-state index is 12.7. The molecule has 104 valence electrons. The minimum absolute atomic E-state index is 0.143. The fourth-order valence-electron chi connectivity index (χ4n) is 1.66. The van der Waals surface area contributed by atoms with Crippen LogP contribution in [0.2, 0.25) is 0 Å². The van der Waals surface area contributed by atoms with Gasteiger partial charge in [-0.05, 0) is 17.7 Å². The van der Waals surface area contributed by atoms with Crippen LogP contribution in [0.15, 0.2) is 30.3 Å². The summed E-state index contributed by atoms with van der Waals surface area (Å²) in [5.41, 5.74) is 0.685. The first-order valence-electron chi connectivity index (χ1n) is 5.77. The number of carbonyl (C=O) groups is 2. The smallest absolute Gasteiger partial charge is 0.356 e. The number of nitrogens with one attached hydrogen (secondary N) is 1. The quantitative estimate of drug-likeness (QED) is 0.879. The SMILES string of the molecule is Cn1nc(C(=O)O)cc1C(=O)NCc1ccc(F)cc1. The summed E-state index contributed by atoms with van der Waals surface area (Å²) < 4.78 is 13.9. The van der Waals surface area contributed by atoms with Crippen molar-refractivity contribution in [2.24, 2.45) is 7.05 Å². The van der Waals surface area contributed by atoms with Crippen LogP contribution in [0, 0.1) is 5.82 Å². The molecule has 0 atom stereocenters. The van der Waals surface area contributed by atoms with Crippen LogP contribution >= 0.6 is 0 Å². The number of rotatable bonds is 4. The molecule has 0 aliphatic heterocycles. The number of hydrogen-bond donors (Lipinski definition) is 2. The number of hydrogen-bond acceptors (Lipinski definition) is 3. The van der Waals surface area contributed by atoms with E-state index in [1.165, 1.54) is 29.9 Å². The second-order valence-electron chi connectivity index (χ2n) is 4.15. The summed E-state index contributed by atoms with van der Waals surface area (Å²) in [5, 5.41) is 15.1. The molecule has 0 aliphatic rings. The number of carbonyl (C=O) groups excluding carboxylic acids is 1. The first-order chi connectivity index (χ1) is 9.47. The van der Waals surface area contributed by atoms with Crippen molar-refractivity contribution in [1.29, 1.82) is 0 Å². The summed E-state index contributed by atoms with van der Waals surface area (Å²) in [5.74, 6) is -1.99. The molecule has 20 heavy (non-hydrogen) atoms. The summed E-state index contributed by atoms with van der Waals surface area (Å²) in [6.07, 6.45) is 0. The lowest BCUT2D eigenvalue weighted by atomic mass is 10.2. The Balaban J connectivity index is 2.05. The summed E-state index contributed by atoms with van der Waals surface area (Å²) in [7, 11) is 1.49. The van der Waals surface area contributed by atoms with Gasteiger partial charge < -0.3 is 10.4 Å². The Morgan fingerprint density at radius 3 is 2.55 bits per heavy atom. The molecule has 0 unspecified atom stereocenters. The lowest BCUT2D eigenvalue weighted by Crippen LogP contribution is -2.25. The number of aromatic carboxylic acids is 1. The van der Waals surface area contributed by atoms with Crippen molar-refractivity contribution in [3.05, 3.63) is 53.1 Å². The van der Waals surface area contributed by atoms with E-state index in [4.69, 9.17) is 5.11 Å². The third-order valence-electron chi connectivity index (χ3n) is 2.70. The molecule has 0 saturated carbocycles. The number of aryl methyl sites for hydroxylation is 1. The molecule has 6 nitrogen and oxygen atoms in total. The zero-order valence-corrected chi connectivity index (χ0v) is 10.6. The van der Waals surface area contributed by atoms with Gasteiger partial charge in [0.25, 0.3) is 5.91 Å². The van der Waals surface area contributed by atoms with Gasteiger partial charge in [-0.3, -0.25) is 9.48 Å². The van der Waals surface area contributed by atoms with E-state index >= 15 is 0 Å². The Labute approximate surface area is 113 Å². The molecular formula is C13H12FN3O3. The molecule has 0 fully saturated rings. The zero-order chi connectivity index (χ0) is 14.7. The van der Waals surface area contributed by atoms with Crippen LogP contribution in [0.5, 0.6) is 0 Å². The fourth-order valence-corrected chi connectivity index (χ4v) is 1.66. The number of nitrogens with zero attached hydrogens (tertiary/aromatic N) is 2. The van der Waals surface area contributed by atoms with Crippen molar-refractivity contribution < 1.29 is 19.1 Å². The van der Waals surface area contributed by atoms with E-state index in [-0.39, 0.29) is 23.7 Å². The Hall–Kier alpha value is -2.70. The first kappa shape index (κ1) is 13.7. The van der Waals surface area contributed by atoms with Crippen molar-refractivity contribution >= 4 is 11.9 Å². The normalized spacial score (nSPS) is 10.3. The van der Waals surface area contributed by atoms with E-state index in [0.29, 0.717) is 0 Å². The largest absolute Gasteiger partial charge is 0.476 e. The maximum absolute atomic E-state index is 12.7. The van der Waals surface area contributed by atoms with Gasteiger partial charge in [0.2, 0.25) is 0 Å². The molecule has 1 amide bonds. The Morgan fingerprint density at radius 1 is 1.35 bits per heavy atom. The summed E-state index contributed by atoms with van der Waals surface area (Å²) in [6.45, 7) is 0.215. The molecule has 1 heterocycles. The third kappa shape index (κ3) is 3.00. The van der Waals surface area contributed by atoms with Gasteiger partial charge in [-0.2, -0.15) is 5.10 Å². The molecule has 1 aromatic carbocycles. The van der Waals surface area contributed by atoms with Crippen LogP contribution in [-0.2, 0) is 13.6 Å². The fraction of sp³-hybridized carbons (Fsp3) is 0.154. The van der Waals surface area contributed by atoms with E-state index in [1.807, 2.05) is 0 Å². The van der Waals surface area contributed by atoms with Crippen LogP contribution in [-0.4, -0.2) is 26.8 Å². The Bertz CT molecular complexity index is 649. The number of carboxylic acid groups (broad SMARTS) is 1. The van der Waals surface area contributed by atoms with Crippen molar-refractivity contribution in [3.8, 4) is 0 Å². The van der Waals surface area contributed by atoms with Crippen LogP contribution < -0.4 is 5.32 Å². The summed E-state index contributed by atoms with van der Waals surface area (Å²) >= 11 is 0. The summed E-state index contributed by atoms with van der Waals surface area (Å²) in [4.78, 5) is 22.7. The van der Waals surface area contributed by atoms with E-state index in [0.717, 1.165) is 5.56 Å². The highest BCUT2D eigenvalue weighted by Gasteiger charge is 2.16. The molecule has 2 N–H and O–H groups in total. The van der Waals surface area contributed by atoms with E-state index in [9.17, 15) is 14.0 Å². The summed E-state index contributed by atoms with van der Waals surface area (Å²) in [6, 6.07) is 6.91. The molecule has 2 rings (SSSR count). The molecule has 0 aliphatic carbocycles. The lowest BCUT2D eigenvalue weighted by molar-refractivity contribution is 0.0689. The maximum Gasteiger partial charge on any atom is 0.356 e. The molecule has 0 radical (unpaired) electrons. The van der Waals surface area contributed by atoms with Gasteiger partial charge in [0.15, 0.2) is 5.69 Å². The number of aromatic nitrogens is 2. The second kappa shape index (κ2) is 5.52. The molecular weight excluding hydrogens is 265 g/mol. The topological polar surface area (TPSA) is 84.2 Å². The van der Waals surface area contributed by atoms with Gasteiger partial charge in [0.1, 0.15) is 11.5 Å². The Morgan fingerprint density at radius 2 is 2.00 bits per heavy atom. The van der Waals surface area contributed by atoms with Crippen LogP contribution in [0.1, 0.15) is 26.5 Å². The van der Waals surface area contributed by atoms with E-state index in [1.54, 1.807) is 12.1 Å². The van der Waals surface area contributed by atoms with E-state index < -0.39 is 11.9 Å². The highest BCUT2D eigenvalue weighted by Crippen LogP contribution is 2.05. The number of carboxylic acids is 1. The third-order valence-corrected chi connectivity index (χ3v) is 2.70. The van der Waals surface area contributed by atoms with Crippen LogP contribution in [0.4, 0.5) is 4.39 Å². The molecule has 2 aromatic rings. The molecule has 1 aromatic heterocycles. The van der Waals surface area contributed by atoms with Crippen molar-refractivity contribution in [2.75, 3.05) is 0 Å². The van der Waals surface area contributed by atoms with Gasteiger partial charge in [-0.1, -0.05) is 12.1 Å². The van der Waals surface area contributed by atoms with Crippen molar-refractivity contribution in [3.63, 3.8) is 0 Å². The van der Waals surface area contributed by atoms with Crippen molar-refractivity contribution in [2.45, 2.75) is 6.54 Å². The number of halogens is 1. The molecule has 0 bridgehead atoms. The highest BCUT2D eigenvalue weighted by atomic mass is 19.1. The Kier molecular flexibility index (Phi) is 3.79. The monoisotopic (exact) mass is 277 g/mol. The van der Waals surface area contributed by atoms with Crippen molar-refractivity contribution in [1.82, 2.24) is 15.1 Å². The second-order valence-corrected chi connectivity index (χ2v) is 4.15. The average molecular weight is 277 g/mol. The van der Waals surface area contributed by atoms with Gasteiger partial charge in [0.05, 0.1) is 0 Å². The van der Waals surface area contributed by atoms with Crippen LogP contribution in [0.3, 0.4) is 0 Å². The standard InChI is InChI=1S/C13H12FN3O3/c1-17-11(6-10(16-17)13(19)20)12(18)15-7-8-2-4-9(14)5-3-8/h2-6H,7H2,1H3,(H,15,18)(H,19,20). The first-order valence-corrected chi connectivity index (χ1v) is 5.77. The number of amides is 1. The number of benzene rings is 1. The molecule has 0 saturated heterocycles. The lowest BCUT2D eigenvalue weighted by Gasteiger charge is -2.05. The molecule has 7 heteroatoms. The van der Waals surface area contributed by atoms with E-state index in [2.05, 4.69) is 10.4 Å². The molecule has 0 spiro atoms. The predicted octanol–water partition coefficient (Wildman–Crippen LogP) is 1.19. The zero-order valence-electron chi connectivity index (χ0n) is 10.6. The average Bonchev–Trinajstić information content (AvgIpc) is 2.80. The van der Waals surface area contributed by atoms with Gasteiger partial charge in [0, 0.05) is 19.7 Å².